The molecular weight excluding hydrogens is 948 g/mol. The number of ether oxygens (including phenoxy) is 3. The van der Waals surface area contributed by atoms with Gasteiger partial charge in [-0.05, 0) is 126 Å². The van der Waals surface area contributed by atoms with Gasteiger partial charge in [0.05, 0.1) is 38.4 Å². The van der Waals surface area contributed by atoms with Crippen LogP contribution in [0.5, 0.6) is 17.2 Å². The van der Waals surface area contributed by atoms with E-state index in [0.29, 0.717) is 0 Å². The van der Waals surface area contributed by atoms with Crippen molar-refractivity contribution in [2.75, 3.05) is 57.2 Å². The summed E-state index contributed by atoms with van der Waals surface area (Å²) in [4.78, 5) is 41.9. The van der Waals surface area contributed by atoms with Crippen molar-refractivity contribution < 1.29 is 33.5 Å². The number of methoxy groups -OCH3 is 3. The SMILES string of the molecule is COc1ccc(N=CC=C2N(C)c3ccccc3C2(C)C)cc1.COc1ccc(N=CC=C2N(C)c3ccccc3C2(C)C)cc1.COc1ccc(N=CC=C2N(C)c3ccccc3C2(C)C)cc1.O=P(O)(O)O. The molecule has 0 saturated carbocycles. The van der Waals surface area contributed by atoms with Gasteiger partial charge in [-0.15, -0.1) is 0 Å². The Kier molecular flexibility index (Phi) is 18.1. The van der Waals surface area contributed by atoms with Crippen molar-refractivity contribution in [3.8, 4) is 17.2 Å². The largest absolute Gasteiger partial charge is 0.497 e. The number of likely N-dealkylation sites (N-methyl/N-ethyl adjacent to an activating group) is 3. The molecule has 0 amide bonds. The zero-order chi connectivity index (χ0) is 53.8. The molecule has 3 N–H and O–H groups in total. The van der Waals surface area contributed by atoms with Gasteiger partial charge in [0.1, 0.15) is 17.2 Å². The summed E-state index contributed by atoms with van der Waals surface area (Å²) in [5.74, 6) is 2.53. The second-order valence-electron chi connectivity index (χ2n) is 19.2. The maximum absolute atomic E-state index is 8.88. The molecule has 3 heterocycles. The highest BCUT2D eigenvalue weighted by molar-refractivity contribution is 7.45. The van der Waals surface area contributed by atoms with Crippen LogP contribution in [0.1, 0.15) is 58.2 Å². The van der Waals surface area contributed by atoms with Crippen molar-refractivity contribution in [2.24, 2.45) is 15.0 Å². The number of benzene rings is 6. The lowest BCUT2D eigenvalue weighted by Crippen LogP contribution is -2.23. The standard InChI is InChI=1S/3C20H22N2O.H3O4P/c3*1-20(2)17-7-5-6-8-18(17)22(3)19(20)13-14-21-15-9-11-16(23-4)12-10-15;1-5(2,3)4/h3*5-14H,1-4H3;(H3,1,2,3,4). The third kappa shape index (κ3) is 13.3. The second-order valence-corrected chi connectivity index (χ2v) is 20.2. The fraction of sp³-hybridized carbons (Fsp3) is 0.250. The number of nitrogens with zero attached hydrogens (tertiary/aromatic N) is 6. The number of anilines is 3. The number of rotatable bonds is 9. The molecule has 9 rings (SSSR count). The fourth-order valence-electron chi connectivity index (χ4n) is 9.49. The Labute approximate surface area is 437 Å². The minimum atomic E-state index is -4.64. The number of para-hydroxylation sites is 3. The van der Waals surface area contributed by atoms with Crippen molar-refractivity contribution in [2.45, 2.75) is 57.8 Å². The van der Waals surface area contributed by atoms with Gasteiger partial charge in [0.25, 0.3) is 0 Å². The highest BCUT2D eigenvalue weighted by Crippen LogP contribution is 2.48. The Morgan fingerprint density at radius 1 is 0.405 bits per heavy atom. The van der Waals surface area contributed by atoms with Gasteiger partial charge >= 0.3 is 7.82 Å². The average Bonchev–Trinajstić information content (AvgIpc) is 3.80. The van der Waals surface area contributed by atoms with Crippen LogP contribution in [0.3, 0.4) is 0 Å². The van der Waals surface area contributed by atoms with Crippen molar-refractivity contribution in [3.63, 3.8) is 0 Å². The van der Waals surface area contributed by atoms with Crippen LogP contribution in [0.4, 0.5) is 34.1 Å². The normalized spacial score (nSPS) is 17.3. The zero-order valence-corrected chi connectivity index (χ0v) is 45.3. The van der Waals surface area contributed by atoms with Crippen molar-refractivity contribution in [3.05, 3.63) is 198 Å². The lowest BCUT2D eigenvalue weighted by atomic mass is 9.84. The summed E-state index contributed by atoms with van der Waals surface area (Å²) in [5.41, 5.74) is 14.3. The number of allylic oxidation sites excluding steroid dienone is 6. The lowest BCUT2D eigenvalue weighted by Gasteiger charge is -2.23. The molecule has 74 heavy (non-hydrogen) atoms. The summed E-state index contributed by atoms with van der Waals surface area (Å²) in [6.07, 6.45) is 11.9. The molecule has 386 valence electrons. The van der Waals surface area contributed by atoms with Crippen LogP contribution >= 0.6 is 7.82 Å². The molecule has 6 aromatic carbocycles. The van der Waals surface area contributed by atoms with Crippen LogP contribution in [0, 0.1) is 0 Å². The van der Waals surface area contributed by atoms with E-state index in [1.165, 1.54) is 50.8 Å². The minimum absolute atomic E-state index is 0.0166. The molecule has 0 spiro atoms. The maximum atomic E-state index is 8.88. The summed E-state index contributed by atoms with van der Waals surface area (Å²) >= 11 is 0. The molecule has 3 aliphatic rings. The molecule has 0 aliphatic carbocycles. The third-order valence-electron chi connectivity index (χ3n) is 13.4. The topological polar surface area (TPSA) is 152 Å². The van der Waals surface area contributed by atoms with Gasteiger partial charge in [-0.25, -0.2) is 4.57 Å². The van der Waals surface area contributed by atoms with E-state index in [0.717, 1.165) is 34.3 Å². The van der Waals surface area contributed by atoms with Crippen molar-refractivity contribution in [1.29, 1.82) is 0 Å². The summed E-state index contributed by atoms with van der Waals surface area (Å²) in [5, 5.41) is 0. The van der Waals surface area contributed by atoms with E-state index < -0.39 is 7.82 Å². The van der Waals surface area contributed by atoms with E-state index in [-0.39, 0.29) is 16.2 Å². The Morgan fingerprint density at radius 3 is 0.824 bits per heavy atom. The zero-order valence-electron chi connectivity index (χ0n) is 44.4. The molecule has 0 unspecified atom stereocenters. The van der Waals surface area contributed by atoms with E-state index in [1.54, 1.807) is 21.3 Å². The number of phosphoric acid groups is 1. The summed E-state index contributed by atoms with van der Waals surface area (Å²) in [6.45, 7) is 13.5. The first-order chi connectivity index (χ1) is 35.1. The summed E-state index contributed by atoms with van der Waals surface area (Å²) in [7, 11) is 6.69. The van der Waals surface area contributed by atoms with Crippen molar-refractivity contribution >= 4 is 60.6 Å². The van der Waals surface area contributed by atoms with E-state index in [4.69, 9.17) is 33.5 Å². The third-order valence-corrected chi connectivity index (χ3v) is 13.4. The first kappa shape index (κ1) is 55.8. The van der Waals surface area contributed by atoms with Crippen LogP contribution in [-0.4, -0.2) is 75.8 Å². The molecule has 0 aromatic heterocycles. The fourth-order valence-corrected chi connectivity index (χ4v) is 9.49. The van der Waals surface area contributed by atoms with Crippen LogP contribution in [0.15, 0.2) is 196 Å². The predicted molar refractivity (Wildman–Crippen MR) is 306 cm³/mol. The van der Waals surface area contributed by atoms with Gasteiger partial charge < -0.3 is 43.6 Å². The molecule has 0 fully saturated rings. The van der Waals surface area contributed by atoms with Crippen LogP contribution in [0.25, 0.3) is 0 Å². The van der Waals surface area contributed by atoms with E-state index in [9.17, 15) is 0 Å². The van der Waals surface area contributed by atoms with E-state index in [1.807, 2.05) is 91.4 Å². The average molecular weight is 1020 g/mol. The molecule has 0 bridgehead atoms. The number of hydrogen-bond donors (Lipinski definition) is 3. The predicted octanol–water partition coefficient (Wildman–Crippen LogP) is 13.2. The van der Waals surface area contributed by atoms with Crippen molar-refractivity contribution in [1.82, 2.24) is 0 Å². The molecule has 13 nitrogen and oxygen atoms in total. The molecule has 0 atom stereocenters. The first-order valence-corrected chi connectivity index (χ1v) is 25.6. The molecule has 14 heteroatoms. The highest BCUT2D eigenvalue weighted by atomic mass is 31.2. The number of hydrogen-bond acceptors (Lipinski definition) is 10. The van der Waals surface area contributed by atoms with Gasteiger partial charge in [-0.1, -0.05) is 96.1 Å². The second kappa shape index (κ2) is 24.0. The Bertz CT molecular complexity index is 2770. The van der Waals surface area contributed by atoms with Crippen LogP contribution in [-0.2, 0) is 20.8 Å². The van der Waals surface area contributed by atoms with Gasteiger partial charge in [-0.2, -0.15) is 0 Å². The smallest absolute Gasteiger partial charge is 0.466 e. The first-order valence-electron chi connectivity index (χ1n) is 24.1. The van der Waals surface area contributed by atoms with Gasteiger partial charge in [0.15, 0.2) is 0 Å². The van der Waals surface area contributed by atoms with Crippen LogP contribution < -0.4 is 28.9 Å². The number of fused-ring (bicyclic) bond motifs is 3. The number of aliphatic imine (C=N–C) groups is 3. The van der Waals surface area contributed by atoms with Gasteiger partial charge in [-0.3, -0.25) is 15.0 Å². The lowest BCUT2D eigenvalue weighted by molar-refractivity contribution is 0.275. The Morgan fingerprint density at radius 2 is 0.622 bits per heavy atom. The molecular formula is C60H69N6O7P. The summed E-state index contributed by atoms with van der Waals surface area (Å²) < 4.78 is 24.4. The van der Waals surface area contributed by atoms with Gasteiger partial charge in [0, 0.05) is 90.2 Å². The van der Waals surface area contributed by atoms with Gasteiger partial charge in [0.2, 0.25) is 0 Å². The highest BCUT2D eigenvalue weighted by Gasteiger charge is 2.39. The monoisotopic (exact) mass is 1020 g/mol. The minimum Gasteiger partial charge on any atom is -0.497 e. The Hall–Kier alpha value is -7.54. The molecule has 3 aliphatic heterocycles. The van der Waals surface area contributed by atoms with E-state index >= 15 is 0 Å². The molecule has 0 saturated heterocycles. The molecule has 0 radical (unpaired) electrons. The Balaban J connectivity index is 0.000000173. The maximum Gasteiger partial charge on any atom is 0.466 e. The molecule has 6 aromatic rings. The van der Waals surface area contributed by atoms with Crippen LogP contribution in [0.2, 0.25) is 0 Å². The summed E-state index contributed by atoms with van der Waals surface area (Å²) in [6, 6.07) is 48.9. The quantitative estimate of drug-likeness (QED) is 0.0942. The van der Waals surface area contributed by atoms with E-state index in [2.05, 4.69) is 183 Å².